The van der Waals surface area contributed by atoms with E-state index < -0.39 is 17.7 Å². The van der Waals surface area contributed by atoms with E-state index in [-0.39, 0.29) is 35.6 Å². The van der Waals surface area contributed by atoms with E-state index in [1.165, 1.54) is 6.07 Å². The van der Waals surface area contributed by atoms with E-state index in [9.17, 15) is 18.3 Å². The lowest BCUT2D eigenvalue weighted by molar-refractivity contribution is 0.0117. The van der Waals surface area contributed by atoms with Crippen molar-refractivity contribution in [1.82, 2.24) is 0 Å². The summed E-state index contributed by atoms with van der Waals surface area (Å²) in [5.74, 6) is -1.49. The lowest BCUT2D eigenvalue weighted by Gasteiger charge is -2.29. The minimum Gasteiger partial charge on any atom is -0.493 e. The maximum Gasteiger partial charge on any atom is 0.167 e. The van der Waals surface area contributed by atoms with Crippen LogP contribution in [-0.4, -0.2) is 17.8 Å². The van der Waals surface area contributed by atoms with Crippen LogP contribution in [0, 0.1) is 17.5 Å². The third kappa shape index (κ3) is 6.62. The quantitative estimate of drug-likeness (QED) is 0.222. The van der Waals surface area contributed by atoms with E-state index in [1.54, 1.807) is 61.5 Å². The summed E-state index contributed by atoms with van der Waals surface area (Å²) >= 11 is 0. The molecule has 1 N–H and O–H groups in total. The fraction of sp³-hybridized carbons (Fsp3) is 0.355. The highest BCUT2D eigenvalue weighted by molar-refractivity contribution is 5.65. The normalized spacial score (nSPS) is 18.4. The first-order valence-electron chi connectivity index (χ1n) is 12.8. The lowest BCUT2D eigenvalue weighted by Crippen LogP contribution is -2.21. The molecule has 1 saturated carbocycles. The first-order chi connectivity index (χ1) is 17.9. The van der Waals surface area contributed by atoms with Crippen LogP contribution < -0.4 is 4.74 Å². The molecule has 0 radical (unpaired) electrons. The van der Waals surface area contributed by atoms with E-state index in [4.69, 9.17) is 9.47 Å². The SMILES string of the molecule is C=CCCOc1ccc(C2CCC(OCc3ccc(-c4ccc(C(C)O)cc4)c(F)c3F)CC2)c(F)c1. The molecule has 3 aromatic carbocycles. The number of hydrogen-bond donors (Lipinski definition) is 1. The molecule has 196 valence electrons. The van der Waals surface area contributed by atoms with Crippen molar-refractivity contribution in [2.75, 3.05) is 6.61 Å². The fourth-order valence-electron chi connectivity index (χ4n) is 4.80. The van der Waals surface area contributed by atoms with Crippen molar-refractivity contribution in [1.29, 1.82) is 0 Å². The third-order valence-corrected chi connectivity index (χ3v) is 7.02. The van der Waals surface area contributed by atoms with Crippen molar-refractivity contribution in [3.8, 4) is 16.9 Å². The summed E-state index contributed by atoms with van der Waals surface area (Å²) in [7, 11) is 0. The van der Waals surface area contributed by atoms with Gasteiger partial charge in [-0.25, -0.2) is 13.2 Å². The van der Waals surface area contributed by atoms with Crippen LogP contribution in [0.4, 0.5) is 13.2 Å². The molecule has 1 unspecified atom stereocenters. The summed E-state index contributed by atoms with van der Waals surface area (Å²) in [4.78, 5) is 0. The van der Waals surface area contributed by atoms with Crippen molar-refractivity contribution in [3.63, 3.8) is 0 Å². The molecule has 1 atom stereocenters. The maximum absolute atomic E-state index is 14.8. The lowest BCUT2D eigenvalue weighted by atomic mass is 9.82. The highest BCUT2D eigenvalue weighted by Gasteiger charge is 2.26. The van der Waals surface area contributed by atoms with Gasteiger partial charge in [0, 0.05) is 17.2 Å². The smallest absolute Gasteiger partial charge is 0.167 e. The van der Waals surface area contributed by atoms with Gasteiger partial charge < -0.3 is 14.6 Å². The highest BCUT2D eigenvalue weighted by Crippen LogP contribution is 2.37. The second-order valence-corrected chi connectivity index (χ2v) is 9.59. The van der Waals surface area contributed by atoms with Gasteiger partial charge in [-0.3, -0.25) is 0 Å². The molecule has 1 aliphatic carbocycles. The topological polar surface area (TPSA) is 38.7 Å². The Labute approximate surface area is 216 Å². The molecule has 0 aliphatic heterocycles. The Bertz CT molecular complexity index is 1200. The Kier molecular flexibility index (Phi) is 9.06. The van der Waals surface area contributed by atoms with Crippen molar-refractivity contribution in [2.45, 2.75) is 63.8 Å². The standard InChI is InChI=1S/C31H33F3O3/c1-3-4-17-36-26-14-16-27(29(32)18-26)22-9-12-25(13-10-22)37-19-24-11-15-28(31(34)30(24)33)23-7-5-21(6-8-23)20(2)35/h3,5-8,11,14-16,18,20,22,25,35H,1,4,9-10,12-13,17,19H2,2H3. The van der Waals surface area contributed by atoms with Gasteiger partial charge in [0.1, 0.15) is 11.6 Å². The zero-order valence-electron chi connectivity index (χ0n) is 21.1. The summed E-state index contributed by atoms with van der Waals surface area (Å²) in [6.07, 6.45) is 4.71. The van der Waals surface area contributed by atoms with Crippen LogP contribution in [0.15, 0.2) is 67.3 Å². The monoisotopic (exact) mass is 510 g/mol. The number of rotatable bonds is 10. The number of benzene rings is 3. The minimum atomic E-state index is -0.915. The molecule has 0 amide bonds. The van der Waals surface area contributed by atoms with Crippen LogP contribution in [0.25, 0.3) is 11.1 Å². The average Bonchev–Trinajstić information content (AvgIpc) is 2.90. The van der Waals surface area contributed by atoms with Gasteiger partial charge in [-0.1, -0.05) is 48.5 Å². The predicted molar refractivity (Wildman–Crippen MR) is 139 cm³/mol. The molecule has 0 bridgehead atoms. The fourth-order valence-corrected chi connectivity index (χ4v) is 4.80. The Balaban J connectivity index is 1.32. The van der Waals surface area contributed by atoms with Gasteiger partial charge in [-0.05, 0) is 67.7 Å². The largest absolute Gasteiger partial charge is 0.493 e. The van der Waals surface area contributed by atoms with E-state index in [0.717, 1.165) is 25.7 Å². The second kappa shape index (κ2) is 12.4. The zero-order valence-corrected chi connectivity index (χ0v) is 21.1. The first-order valence-corrected chi connectivity index (χ1v) is 12.8. The Hall–Kier alpha value is -3.09. The summed E-state index contributed by atoms with van der Waals surface area (Å²) in [5, 5.41) is 9.64. The summed E-state index contributed by atoms with van der Waals surface area (Å²) < 4.78 is 55.8. The van der Waals surface area contributed by atoms with Gasteiger partial charge in [0.15, 0.2) is 11.6 Å². The number of aliphatic hydroxyl groups excluding tert-OH is 1. The van der Waals surface area contributed by atoms with E-state index >= 15 is 0 Å². The number of aliphatic hydroxyl groups is 1. The molecule has 0 saturated heterocycles. The molecule has 4 rings (SSSR count). The second-order valence-electron chi connectivity index (χ2n) is 9.59. The molecule has 3 nitrogen and oxygen atoms in total. The summed E-state index contributed by atoms with van der Waals surface area (Å²) in [6.45, 7) is 5.74. The predicted octanol–water partition coefficient (Wildman–Crippen LogP) is 8.02. The van der Waals surface area contributed by atoms with Crippen molar-refractivity contribution in [2.24, 2.45) is 0 Å². The van der Waals surface area contributed by atoms with Crippen molar-refractivity contribution in [3.05, 3.63) is 101 Å². The average molecular weight is 511 g/mol. The van der Waals surface area contributed by atoms with Crippen molar-refractivity contribution < 1.29 is 27.8 Å². The minimum absolute atomic E-state index is 0.0234. The van der Waals surface area contributed by atoms with Crippen molar-refractivity contribution >= 4 is 0 Å². The molecule has 0 heterocycles. The van der Waals surface area contributed by atoms with Gasteiger partial charge in [0.05, 0.1) is 25.4 Å². The third-order valence-electron chi connectivity index (χ3n) is 7.02. The molecule has 6 heteroatoms. The first kappa shape index (κ1) is 27.0. The van der Waals surface area contributed by atoms with Crippen LogP contribution in [-0.2, 0) is 11.3 Å². The van der Waals surface area contributed by atoms with Crippen LogP contribution >= 0.6 is 0 Å². The molecular weight excluding hydrogens is 477 g/mol. The molecule has 0 aromatic heterocycles. The Morgan fingerprint density at radius 2 is 1.70 bits per heavy atom. The van der Waals surface area contributed by atoms with E-state index in [2.05, 4.69) is 6.58 Å². The summed E-state index contributed by atoms with van der Waals surface area (Å²) in [6, 6.07) is 14.9. The molecule has 37 heavy (non-hydrogen) atoms. The Morgan fingerprint density at radius 1 is 0.973 bits per heavy atom. The summed E-state index contributed by atoms with van der Waals surface area (Å²) in [5.41, 5.74) is 2.26. The van der Waals surface area contributed by atoms with Crippen LogP contribution in [0.1, 0.15) is 67.7 Å². The molecule has 1 aliphatic rings. The van der Waals surface area contributed by atoms with Crippen LogP contribution in [0.2, 0.25) is 0 Å². The van der Waals surface area contributed by atoms with Gasteiger partial charge in [0.25, 0.3) is 0 Å². The van der Waals surface area contributed by atoms with Gasteiger partial charge in [0.2, 0.25) is 0 Å². The number of hydrogen-bond acceptors (Lipinski definition) is 3. The molecule has 3 aromatic rings. The zero-order chi connectivity index (χ0) is 26.4. The molecule has 0 spiro atoms. The number of ether oxygens (including phenoxy) is 2. The van der Waals surface area contributed by atoms with E-state index in [1.807, 2.05) is 0 Å². The van der Waals surface area contributed by atoms with Gasteiger partial charge >= 0.3 is 0 Å². The highest BCUT2D eigenvalue weighted by atomic mass is 19.2. The van der Waals surface area contributed by atoms with Gasteiger partial charge in [-0.2, -0.15) is 0 Å². The molecular formula is C31H33F3O3. The van der Waals surface area contributed by atoms with Crippen LogP contribution in [0.5, 0.6) is 5.75 Å². The number of halogens is 3. The maximum atomic E-state index is 14.8. The Morgan fingerprint density at radius 3 is 2.35 bits per heavy atom. The van der Waals surface area contributed by atoms with Gasteiger partial charge in [-0.15, -0.1) is 6.58 Å². The molecule has 1 fully saturated rings. The van der Waals surface area contributed by atoms with E-state index in [0.29, 0.717) is 35.5 Å². The van der Waals surface area contributed by atoms with Crippen LogP contribution in [0.3, 0.4) is 0 Å².